The van der Waals surface area contributed by atoms with Gasteiger partial charge in [0.15, 0.2) is 11.5 Å². The molecule has 0 amide bonds. The number of aliphatic hydroxyl groups excluding tert-OH is 1. The number of fused-ring (bicyclic) bond motifs is 1. The van der Waals surface area contributed by atoms with E-state index in [2.05, 4.69) is 27.9 Å². The highest BCUT2D eigenvalue weighted by molar-refractivity contribution is 5.44. The maximum Gasteiger partial charge on any atom is 0.231 e. The minimum absolute atomic E-state index is 0.270. The second-order valence-corrected chi connectivity index (χ2v) is 7.46. The number of aliphatic hydroxyl groups is 1. The molecule has 0 aromatic heterocycles. The second kappa shape index (κ2) is 8.94. The Labute approximate surface area is 162 Å². The van der Waals surface area contributed by atoms with Crippen molar-refractivity contribution in [1.29, 1.82) is 0 Å². The summed E-state index contributed by atoms with van der Waals surface area (Å²) in [4.78, 5) is 4.70. The molecule has 148 valence electrons. The van der Waals surface area contributed by atoms with Crippen molar-refractivity contribution in [3.63, 3.8) is 0 Å². The number of hydrogen-bond donors (Lipinski definition) is 1. The van der Waals surface area contributed by atoms with E-state index in [9.17, 15) is 5.11 Å². The van der Waals surface area contributed by atoms with Crippen molar-refractivity contribution >= 4 is 0 Å². The first kappa shape index (κ1) is 20.0. The van der Waals surface area contributed by atoms with Crippen molar-refractivity contribution < 1.29 is 19.3 Å². The number of piperazine rings is 1. The third kappa shape index (κ3) is 5.36. The Hall–Kier alpha value is -1.78. The lowest BCUT2D eigenvalue weighted by molar-refractivity contribution is -0.0501. The second-order valence-electron chi connectivity index (χ2n) is 7.46. The first-order valence-corrected chi connectivity index (χ1v) is 9.64. The molecule has 27 heavy (non-hydrogen) atoms. The zero-order valence-electron chi connectivity index (χ0n) is 16.3. The number of nitrogens with zero attached hydrogens (tertiary/aromatic N) is 2. The van der Waals surface area contributed by atoms with E-state index in [0.717, 1.165) is 50.6 Å². The van der Waals surface area contributed by atoms with E-state index < -0.39 is 11.7 Å². The maximum absolute atomic E-state index is 10.3. The lowest BCUT2D eigenvalue weighted by atomic mass is 10.1. The molecule has 1 fully saturated rings. The van der Waals surface area contributed by atoms with Gasteiger partial charge in [0, 0.05) is 39.3 Å². The Bertz CT molecular complexity index is 667. The highest BCUT2D eigenvalue weighted by Crippen LogP contribution is 2.32. The zero-order chi connectivity index (χ0) is 19.3. The van der Waals surface area contributed by atoms with Crippen LogP contribution in [0.15, 0.2) is 18.2 Å². The number of ether oxygens (including phenoxy) is 3. The molecule has 2 aliphatic heterocycles. The van der Waals surface area contributed by atoms with Crippen LogP contribution in [0.25, 0.3) is 0 Å². The highest BCUT2D eigenvalue weighted by Gasteiger charge is 2.24. The summed E-state index contributed by atoms with van der Waals surface area (Å²) in [6, 6.07) is 6.13. The summed E-state index contributed by atoms with van der Waals surface area (Å²) >= 11 is 0. The monoisotopic (exact) mass is 374 g/mol. The van der Waals surface area contributed by atoms with Crippen LogP contribution < -0.4 is 9.47 Å². The third-order valence-electron chi connectivity index (χ3n) is 5.35. The van der Waals surface area contributed by atoms with Gasteiger partial charge in [-0.1, -0.05) is 18.9 Å². The molecule has 0 saturated carbocycles. The van der Waals surface area contributed by atoms with E-state index in [1.54, 1.807) is 0 Å². The van der Waals surface area contributed by atoms with Crippen molar-refractivity contribution in [1.82, 2.24) is 9.80 Å². The van der Waals surface area contributed by atoms with E-state index in [4.69, 9.17) is 20.6 Å². The standard InChI is InChI=1S/C21H30N2O4/c1-4-21(3,5-2)27-15-18(24)14-23-10-8-22(9-11-23)13-17-6-7-19-20(12-17)26-16-25-19/h1,6-7,12,18,24H,5,8-11,13-16H2,2-3H3/t18-,21+/m0/s1. The van der Waals surface area contributed by atoms with Gasteiger partial charge in [-0.2, -0.15) is 0 Å². The maximum atomic E-state index is 10.3. The first-order chi connectivity index (χ1) is 13.0. The molecular formula is C21H30N2O4. The SMILES string of the molecule is C#C[C@](C)(CC)OC[C@@H](O)CN1CCN(Cc2ccc3c(c2)OCO3)CC1. The quantitative estimate of drug-likeness (QED) is 0.699. The minimum Gasteiger partial charge on any atom is -0.454 e. The summed E-state index contributed by atoms with van der Waals surface area (Å²) in [5, 5.41) is 10.3. The fourth-order valence-electron chi connectivity index (χ4n) is 3.30. The van der Waals surface area contributed by atoms with Crippen LogP contribution in [-0.4, -0.2) is 72.7 Å². The molecule has 1 aromatic rings. The lowest BCUT2D eigenvalue weighted by Crippen LogP contribution is -2.49. The molecule has 1 saturated heterocycles. The van der Waals surface area contributed by atoms with E-state index in [1.165, 1.54) is 5.56 Å². The molecule has 2 atom stereocenters. The molecule has 2 heterocycles. The van der Waals surface area contributed by atoms with Gasteiger partial charge in [0.2, 0.25) is 6.79 Å². The first-order valence-electron chi connectivity index (χ1n) is 9.64. The molecule has 0 unspecified atom stereocenters. The van der Waals surface area contributed by atoms with Crippen molar-refractivity contribution in [2.75, 3.05) is 46.1 Å². The molecule has 1 aromatic carbocycles. The Balaban J connectivity index is 1.39. The molecule has 1 N–H and O–H groups in total. The molecule has 6 heteroatoms. The molecule has 2 aliphatic rings. The highest BCUT2D eigenvalue weighted by atomic mass is 16.7. The molecule has 6 nitrogen and oxygen atoms in total. The largest absolute Gasteiger partial charge is 0.454 e. The van der Waals surface area contributed by atoms with Crippen molar-refractivity contribution in [3.8, 4) is 23.8 Å². The summed E-state index contributed by atoms with van der Waals surface area (Å²) < 4.78 is 16.5. The van der Waals surface area contributed by atoms with Gasteiger partial charge in [0.1, 0.15) is 5.60 Å². The number of rotatable bonds is 8. The summed E-state index contributed by atoms with van der Waals surface area (Å²) in [5.41, 5.74) is 0.638. The summed E-state index contributed by atoms with van der Waals surface area (Å²) in [7, 11) is 0. The van der Waals surface area contributed by atoms with Crippen LogP contribution in [-0.2, 0) is 11.3 Å². The van der Waals surface area contributed by atoms with Crippen molar-refractivity contribution in [2.24, 2.45) is 0 Å². The van der Waals surface area contributed by atoms with Gasteiger partial charge in [-0.05, 0) is 31.0 Å². The predicted molar refractivity (Wildman–Crippen MR) is 104 cm³/mol. The zero-order valence-corrected chi connectivity index (χ0v) is 16.3. The molecule has 3 rings (SSSR count). The van der Waals surface area contributed by atoms with Gasteiger partial charge < -0.3 is 19.3 Å². The molecular weight excluding hydrogens is 344 g/mol. The Morgan fingerprint density at radius 2 is 1.93 bits per heavy atom. The average molecular weight is 374 g/mol. The summed E-state index contributed by atoms with van der Waals surface area (Å²) in [6.07, 6.45) is 5.72. The van der Waals surface area contributed by atoms with E-state index >= 15 is 0 Å². The third-order valence-corrected chi connectivity index (χ3v) is 5.35. The normalized spacial score (nSPS) is 20.8. The lowest BCUT2D eigenvalue weighted by Gasteiger charge is -2.36. The minimum atomic E-state index is -0.593. The molecule has 0 radical (unpaired) electrons. The fraction of sp³-hybridized carbons (Fsp3) is 0.619. The molecule has 0 bridgehead atoms. The number of β-amino-alcohol motifs (C(OH)–C–C–N with tert-alkyl or cyclic N) is 1. The molecule has 0 aliphatic carbocycles. The predicted octanol–water partition coefficient (Wildman–Crippen LogP) is 1.71. The van der Waals surface area contributed by atoms with Gasteiger partial charge in [0.05, 0.1) is 12.7 Å². The van der Waals surface area contributed by atoms with Gasteiger partial charge >= 0.3 is 0 Å². The van der Waals surface area contributed by atoms with E-state index in [1.807, 2.05) is 19.9 Å². The van der Waals surface area contributed by atoms with Gasteiger partial charge in [-0.15, -0.1) is 6.42 Å². The van der Waals surface area contributed by atoms with E-state index in [0.29, 0.717) is 13.3 Å². The smallest absolute Gasteiger partial charge is 0.231 e. The number of terminal acetylenes is 1. The van der Waals surface area contributed by atoms with Crippen LogP contribution in [0.4, 0.5) is 0 Å². The van der Waals surface area contributed by atoms with Crippen LogP contribution in [0.2, 0.25) is 0 Å². The van der Waals surface area contributed by atoms with Crippen molar-refractivity contribution in [3.05, 3.63) is 23.8 Å². The van der Waals surface area contributed by atoms with Crippen LogP contribution in [0, 0.1) is 12.3 Å². The summed E-state index contributed by atoms with van der Waals surface area (Å²) in [6.45, 7) is 9.77. The van der Waals surface area contributed by atoms with Gasteiger partial charge in [0.25, 0.3) is 0 Å². The average Bonchev–Trinajstić information content (AvgIpc) is 3.15. The molecule has 0 spiro atoms. The Morgan fingerprint density at radius 1 is 1.22 bits per heavy atom. The Morgan fingerprint density at radius 3 is 2.63 bits per heavy atom. The van der Waals surface area contributed by atoms with Gasteiger partial charge in [-0.25, -0.2) is 0 Å². The topological polar surface area (TPSA) is 54.4 Å². The number of benzene rings is 1. The summed E-state index contributed by atoms with van der Waals surface area (Å²) in [5.74, 6) is 4.32. The van der Waals surface area contributed by atoms with Crippen molar-refractivity contribution in [2.45, 2.75) is 38.5 Å². The Kier molecular flexibility index (Phi) is 6.61. The van der Waals surface area contributed by atoms with Crippen LogP contribution in [0.5, 0.6) is 11.5 Å². The van der Waals surface area contributed by atoms with Gasteiger partial charge in [-0.3, -0.25) is 9.80 Å². The number of hydrogen-bond acceptors (Lipinski definition) is 6. The van der Waals surface area contributed by atoms with Crippen LogP contribution >= 0.6 is 0 Å². The van der Waals surface area contributed by atoms with Crippen LogP contribution in [0.3, 0.4) is 0 Å². The van der Waals surface area contributed by atoms with Crippen LogP contribution in [0.1, 0.15) is 25.8 Å². The fourth-order valence-corrected chi connectivity index (χ4v) is 3.30. The van der Waals surface area contributed by atoms with E-state index in [-0.39, 0.29) is 6.61 Å².